The Hall–Kier alpha value is -0.0400. The zero-order valence-electron chi connectivity index (χ0n) is 7.26. The molecule has 0 radical (unpaired) electrons. The normalized spacial score (nSPS) is 39.0. The molecular weight excluding hydrogens is 134 g/mol. The molecule has 2 aliphatic rings. The molecule has 0 amide bonds. The minimum Gasteiger partial charge on any atom is -0.330 e. The van der Waals surface area contributed by atoms with Gasteiger partial charge < -0.3 is 5.73 Å². The summed E-state index contributed by atoms with van der Waals surface area (Å²) < 4.78 is 0. The van der Waals surface area contributed by atoms with Crippen LogP contribution in [0.4, 0.5) is 0 Å². The van der Waals surface area contributed by atoms with Crippen LogP contribution in [0, 0.1) is 17.8 Å². The number of hydrogen-bond donors (Lipinski definition) is 1. The molecule has 2 saturated carbocycles. The van der Waals surface area contributed by atoms with Crippen molar-refractivity contribution < 1.29 is 0 Å². The Morgan fingerprint density at radius 1 is 1.00 bits per heavy atom. The van der Waals surface area contributed by atoms with Crippen LogP contribution >= 0.6 is 0 Å². The van der Waals surface area contributed by atoms with E-state index in [1.54, 1.807) is 0 Å². The van der Waals surface area contributed by atoms with Crippen LogP contribution in [0.3, 0.4) is 0 Å². The van der Waals surface area contributed by atoms with E-state index in [-0.39, 0.29) is 0 Å². The van der Waals surface area contributed by atoms with Crippen LogP contribution in [0.1, 0.15) is 38.5 Å². The first-order valence-corrected chi connectivity index (χ1v) is 5.10. The molecule has 0 saturated heterocycles. The molecule has 0 atom stereocenters. The molecule has 2 N–H and O–H groups in total. The third kappa shape index (κ3) is 1.44. The number of hydrogen-bond acceptors (Lipinski definition) is 1. The lowest BCUT2D eigenvalue weighted by Crippen LogP contribution is -2.33. The van der Waals surface area contributed by atoms with Crippen LogP contribution in [0.2, 0.25) is 0 Å². The molecule has 0 aromatic carbocycles. The molecule has 64 valence electrons. The Labute approximate surface area is 69.4 Å². The van der Waals surface area contributed by atoms with Gasteiger partial charge in [-0.25, -0.2) is 0 Å². The predicted molar refractivity (Wildman–Crippen MR) is 47.2 cm³/mol. The van der Waals surface area contributed by atoms with E-state index >= 15 is 0 Å². The molecule has 0 aromatic heterocycles. The topological polar surface area (TPSA) is 26.0 Å². The monoisotopic (exact) mass is 153 g/mol. The predicted octanol–water partition coefficient (Wildman–Crippen LogP) is 2.16. The molecule has 0 aromatic rings. The van der Waals surface area contributed by atoms with E-state index in [1.165, 1.54) is 38.5 Å². The maximum atomic E-state index is 5.59. The highest BCUT2D eigenvalue weighted by molar-refractivity contribution is 4.86. The second-order valence-corrected chi connectivity index (χ2v) is 4.38. The molecule has 0 spiro atoms. The van der Waals surface area contributed by atoms with Crippen molar-refractivity contribution in [2.75, 3.05) is 6.54 Å². The summed E-state index contributed by atoms with van der Waals surface area (Å²) in [5.41, 5.74) is 5.59. The average molecular weight is 153 g/mol. The Balaban J connectivity index is 1.73. The standard InChI is InChI=1S/C10H19N/c11-7-8-5-10(6-8)9-3-1-2-4-9/h8-10H,1-7,11H2. The summed E-state index contributed by atoms with van der Waals surface area (Å²) >= 11 is 0. The SMILES string of the molecule is NCC1CC(C2CCCC2)C1. The van der Waals surface area contributed by atoms with Gasteiger partial charge in [0.2, 0.25) is 0 Å². The first-order valence-electron chi connectivity index (χ1n) is 5.10. The van der Waals surface area contributed by atoms with Gasteiger partial charge in [0.25, 0.3) is 0 Å². The third-order valence-electron chi connectivity index (χ3n) is 3.67. The van der Waals surface area contributed by atoms with E-state index in [0.717, 1.165) is 24.3 Å². The van der Waals surface area contributed by atoms with E-state index in [0.29, 0.717) is 0 Å². The Kier molecular flexibility index (Phi) is 2.17. The lowest BCUT2D eigenvalue weighted by atomic mass is 9.68. The number of rotatable bonds is 2. The zero-order valence-corrected chi connectivity index (χ0v) is 7.26. The summed E-state index contributed by atoms with van der Waals surface area (Å²) in [5, 5.41) is 0. The molecule has 1 nitrogen and oxygen atoms in total. The van der Waals surface area contributed by atoms with Crippen molar-refractivity contribution >= 4 is 0 Å². The van der Waals surface area contributed by atoms with Crippen LogP contribution in [0.15, 0.2) is 0 Å². The van der Waals surface area contributed by atoms with Gasteiger partial charge in [-0.3, -0.25) is 0 Å². The van der Waals surface area contributed by atoms with Crippen molar-refractivity contribution in [3.8, 4) is 0 Å². The fourth-order valence-corrected chi connectivity index (χ4v) is 2.79. The molecule has 0 heterocycles. The van der Waals surface area contributed by atoms with E-state index in [1.807, 2.05) is 0 Å². The smallest absolute Gasteiger partial charge is 0.00487 e. The molecular formula is C10H19N. The summed E-state index contributed by atoms with van der Waals surface area (Å²) in [6.45, 7) is 0.934. The average Bonchev–Trinajstić information content (AvgIpc) is 2.37. The second kappa shape index (κ2) is 3.14. The molecule has 2 fully saturated rings. The van der Waals surface area contributed by atoms with Gasteiger partial charge in [0.05, 0.1) is 0 Å². The molecule has 2 rings (SSSR count). The lowest BCUT2D eigenvalue weighted by Gasteiger charge is -2.38. The Morgan fingerprint density at radius 2 is 1.64 bits per heavy atom. The van der Waals surface area contributed by atoms with Crippen molar-refractivity contribution in [3.63, 3.8) is 0 Å². The Bertz CT molecular complexity index is 121. The summed E-state index contributed by atoms with van der Waals surface area (Å²) in [6.07, 6.45) is 8.91. The first-order chi connectivity index (χ1) is 5.40. The molecule has 0 unspecified atom stereocenters. The van der Waals surface area contributed by atoms with Crippen LogP contribution in [-0.2, 0) is 0 Å². The van der Waals surface area contributed by atoms with E-state index in [4.69, 9.17) is 5.73 Å². The van der Waals surface area contributed by atoms with Crippen molar-refractivity contribution in [3.05, 3.63) is 0 Å². The maximum Gasteiger partial charge on any atom is -0.00487 e. The van der Waals surface area contributed by atoms with Crippen molar-refractivity contribution in [2.24, 2.45) is 23.5 Å². The van der Waals surface area contributed by atoms with Gasteiger partial charge in [-0.1, -0.05) is 25.7 Å². The second-order valence-electron chi connectivity index (χ2n) is 4.38. The third-order valence-corrected chi connectivity index (χ3v) is 3.67. The lowest BCUT2D eigenvalue weighted by molar-refractivity contribution is 0.131. The molecule has 2 aliphatic carbocycles. The minimum atomic E-state index is 0.889. The number of nitrogens with two attached hydrogens (primary N) is 1. The highest BCUT2D eigenvalue weighted by Gasteiger charge is 2.34. The van der Waals surface area contributed by atoms with E-state index < -0.39 is 0 Å². The van der Waals surface area contributed by atoms with Gasteiger partial charge in [0.15, 0.2) is 0 Å². The largest absolute Gasteiger partial charge is 0.330 e. The van der Waals surface area contributed by atoms with Crippen molar-refractivity contribution in [1.82, 2.24) is 0 Å². The first kappa shape index (κ1) is 7.60. The quantitative estimate of drug-likeness (QED) is 0.646. The molecule has 0 aliphatic heterocycles. The van der Waals surface area contributed by atoms with Crippen LogP contribution in [0.5, 0.6) is 0 Å². The fourth-order valence-electron chi connectivity index (χ4n) is 2.79. The summed E-state index contributed by atoms with van der Waals surface area (Å²) in [7, 11) is 0. The van der Waals surface area contributed by atoms with E-state index in [9.17, 15) is 0 Å². The Morgan fingerprint density at radius 3 is 2.18 bits per heavy atom. The summed E-state index contributed by atoms with van der Waals surface area (Å²) in [4.78, 5) is 0. The van der Waals surface area contributed by atoms with Crippen LogP contribution in [0.25, 0.3) is 0 Å². The molecule has 11 heavy (non-hydrogen) atoms. The van der Waals surface area contributed by atoms with Gasteiger partial charge in [-0.05, 0) is 37.1 Å². The molecule has 0 bridgehead atoms. The summed E-state index contributed by atoms with van der Waals surface area (Å²) in [5.74, 6) is 3.06. The highest BCUT2D eigenvalue weighted by Crippen LogP contribution is 2.44. The van der Waals surface area contributed by atoms with Gasteiger partial charge in [0, 0.05) is 0 Å². The van der Waals surface area contributed by atoms with Crippen molar-refractivity contribution in [1.29, 1.82) is 0 Å². The summed E-state index contributed by atoms with van der Waals surface area (Å²) in [6, 6.07) is 0. The highest BCUT2D eigenvalue weighted by atomic mass is 14.6. The van der Waals surface area contributed by atoms with Gasteiger partial charge in [-0.15, -0.1) is 0 Å². The molecule has 1 heteroatoms. The zero-order chi connectivity index (χ0) is 7.68. The van der Waals surface area contributed by atoms with E-state index in [2.05, 4.69) is 0 Å². The van der Waals surface area contributed by atoms with Crippen LogP contribution < -0.4 is 5.73 Å². The van der Waals surface area contributed by atoms with Gasteiger partial charge in [0.1, 0.15) is 0 Å². The fraction of sp³-hybridized carbons (Fsp3) is 1.00. The maximum absolute atomic E-state index is 5.59. The van der Waals surface area contributed by atoms with Gasteiger partial charge in [-0.2, -0.15) is 0 Å². The minimum absolute atomic E-state index is 0.889. The van der Waals surface area contributed by atoms with Crippen molar-refractivity contribution in [2.45, 2.75) is 38.5 Å². The van der Waals surface area contributed by atoms with Gasteiger partial charge >= 0.3 is 0 Å². The van der Waals surface area contributed by atoms with Crippen LogP contribution in [-0.4, -0.2) is 6.54 Å².